The minimum absolute atomic E-state index is 0.0779. The van der Waals surface area contributed by atoms with Crippen LogP contribution in [0.2, 0.25) is 5.15 Å². The number of esters is 1. The minimum atomic E-state index is -0.421. The normalized spacial score (nSPS) is 18.5. The summed E-state index contributed by atoms with van der Waals surface area (Å²) in [4.78, 5) is 18.3. The van der Waals surface area contributed by atoms with Gasteiger partial charge in [0, 0.05) is 12.1 Å². The summed E-state index contributed by atoms with van der Waals surface area (Å²) in [6.45, 7) is 5.30. The van der Waals surface area contributed by atoms with Gasteiger partial charge in [-0.1, -0.05) is 22.9 Å². The van der Waals surface area contributed by atoms with Crippen LogP contribution in [0.15, 0.2) is 0 Å². The molecule has 6 heteroatoms. The van der Waals surface area contributed by atoms with Gasteiger partial charge in [0.2, 0.25) is 0 Å². The van der Waals surface area contributed by atoms with E-state index in [-0.39, 0.29) is 10.7 Å². The highest BCUT2D eigenvalue weighted by Crippen LogP contribution is 2.38. The van der Waals surface area contributed by atoms with Crippen LogP contribution in [-0.2, 0) is 4.74 Å². The van der Waals surface area contributed by atoms with Crippen molar-refractivity contribution < 1.29 is 9.53 Å². The SMILES string of the molecule is COC(=O)c1sc(N2CCCC2(C)C)nc1Cl. The van der Waals surface area contributed by atoms with Crippen LogP contribution in [0.5, 0.6) is 0 Å². The number of ether oxygens (including phenoxy) is 1. The first kappa shape index (κ1) is 12.6. The molecule has 94 valence electrons. The van der Waals surface area contributed by atoms with E-state index in [2.05, 4.69) is 28.5 Å². The molecule has 0 bridgehead atoms. The number of rotatable bonds is 2. The van der Waals surface area contributed by atoms with E-state index in [0.717, 1.165) is 24.5 Å². The Bertz CT molecular complexity index is 445. The molecule has 1 aromatic heterocycles. The van der Waals surface area contributed by atoms with Crippen molar-refractivity contribution in [1.29, 1.82) is 0 Å². The molecule has 2 rings (SSSR count). The molecular formula is C11H15ClN2O2S. The third kappa shape index (κ3) is 2.26. The van der Waals surface area contributed by atoms with Gasteiger partial charge in [-0.15, -0.1) is 0 Å². The van der Waals surface area contributed by atoms with Crippen molar-refractivity contribution in [2.24, 2.45) is 0 Å². The monoisotopic (exact) mass is 274 g/mol. The van der Waals surface area contributed by atoms with Crippen LogP contribution in [0.1, 0.15) is 36.4 Å². The summed E-state index contributed by atoms with van der Waals surface area (Å²) in [5.74, 6) is -0.421. The van der Waals surface area contributed by atoms with E-state index in [0.29, 0.717) is 4.88 Å². The Labute approximate surface area is 110 Å². The van der Waals surface area contributed by atoms with E-state index in [1.54, 1.807) is 0 Å². The Morgan fingerprint density at radius 1 is 1.59 bits per heavy atom. The predicted octanol–water partition coefficient (Wildman–Crippen LogP) is 2.96. The van der Waals surface area contributed by atoms with Crippen LogP contribution in [0, 0.1) is 0 Å². The Morgan fingerprint density at radius 2 is 2.29 bits per heavy atom. The van der Waals surface area contributed by atoms with Gasteiger partial charge in [-0.05, 0) is 26.7 Å². The number of carbonyl (C=O) groups is 1. The summed E-state index contributed by atoms with van der Waals surface area (Å²) in [6, 6.07) is 0. The van der Waals surface area contributed by atoms with Crippen LogP contribution < -0.4 is 4.90 Å². The molecule has 0 spiro atoms. The molecular weight excluding hydrogens is 260 g/mol. The van der Waals surface area contributed by atoms with Crippen molar-refractivity contribution in [3.63, 3.8) is 0 Å². The van der Waals surface area contributed by atoms with Gasteiger partial charge in [-0.2, -0.15) is 0 Å². The molecule has 0 radical (unpaired) electrons. The summed E-state index contributed by atoms with van der Waals surface area (Å²) in [5, 5.41) is 1.04. The average Bonchev–Trinajstić information content (AvgIpc) is 2.80. The number of nitrogens with zero attached hydrogens (tertiary/aromatic N) is 2. The van der Waals surface area contributed by atoms with Crippen LogP contribution in [0.25, 0.3) is 0 Å². The number of hydrogen-bond acceptors (Lipinski definition) is 5. The maximum atomic E-state index is 11.5. The number of aromatic nitrogens is 1. The second-order valence-electron chi connectivity index (χ2n) is 4.68. The average molecular weight is 275 g/mol. The number of hydrogen-bond donors (Lipinski definition) is 0. The molecule has 0 unspecified atom stereocenters. The Morgan fingerprint density at radius 3 is 2.82 bits per heavy atom. The lowest BCUT2D eigenvalue weighted by Gasteiger charge is -2.31. The lowest BCUT2D eigenvalue weighted by Crippen LogP contribution is -2.37. The van der Waals surface area contributed by atoms with E-state index in [9.17, 15) is 4.79 Å². The fourth-order valence-corrected chi connectivity index (χ4v) is 3.47. The Hall–Kier alpha value is -0.810. The summed E-state index contributed by atoms with van der Waals surface area (Å²) < 4.78 is 4.67. The van der Waals surface area contributed by atoms with Gasteiger partial charge >= 0.3 is 5.97 Å². The van der Waals surface area contributed by atoms with E-state index in [1.807, 2.05) is 0 Å². The minimum Gasteiger partial charge on any atom is -0.465 e. The molecule has 1 saturated heterocycles. The zero-order valence-electron chi connectivity index (χ0n) is 10.1. The zero-order valence-corrected chi connectivity index (χ0v) is 11.7. The molecule has 0 aliphatic carbocycles. The highest BCUT2D eigenvalue weighted by molar-refractivity contribution is 7.18. The van der Waals surface area contributed by atoms with Crippen molar-refractivity contribution in [3.8, 4) is 0 Å². The van der Waals surface area contributed by atoms with Gasteiger partial charge in [-0.25, -0.2) is 9.78 Å². The van der Waals surface area contributed by atoms with Gasteiger partial charge in [0.25, 0.3) is 0 Å². The second-order valence-corrected chi connectivity index (χ2v) is 6.01. The first-order valence-electron chi connectivity index (χ1n) is 5.48. The summed E-state index contributed by atoms with van der Waals surface area (Å²) in [7, 11) is 1.35. The fraction of sp³-hybridized carbons (Fsp3) is 0.636. The lowest BCUT2D eigenvalue weighted by molar-refractivity contribution is 0.0606. The summed E-state index contributed by atoms with van der Waals surface area (Å²) in [5.41, 5.74) is 0.0779. The maximum Gasteiger partial charge on any atom is 0.351 e. The van der Waals surface area contributed by atoms with Crippen LogP contribution in [-0.4, -0.2) is 30.1 Å². The molecule has 1 aliphatic heterocycles. The molecule has 0 aromatic carbocycles. The van der Waals surface area contributed by atoms with Gasteiger partial charge in [-0.3, -0.25) is 0 Å². The van der Waals surface area contributed by atoms with Gasteiger partial charge < -0.3 is 9.64 Å². The molecule has 2 heterocycles. The number of halogens is 1. The lowest BCUT2D eigenvalue weighted by atomic mass is 10.0. The van der Waals surface area contributed by atoms with Gasteiger partial charge in [0.1, 0.15) is 0 Å². The predicted molar refractivity (Wildman–Crippen MR) is 69.1 cm³/mol. The van der Waals surface area contributed by atoms with Gasteiger partial charge in [0.15, 0.2) is 15.2 Å². The molecule has 4 nitrogen and oxygen atoms in total. The fourth-order valence-electron chi connectivity index (χ4n) is 2.09. The number of carbonyl (C=O) groups excluding carboxylic acids is 1. The van der Waals surface area contributed by atoms with Crippen LogP contribution in [0.4, 0.5) is 5.13 Å². The quantitative estimate of drug-likeness (QED) is 0.778. The van der Waals surface area contributed by atoms with Crippen molar-refractivity contribution in [2.45, 2.75) is 32.2 Å². The van der Waals surface area contributed by atoms with Crippen molar-refractivity contribution in [3.05, 3.63) is 10.0 Å². The largest absolute Gasteiger partial charge is 0.465 e. The highest BCUT2D eigenvalue weighted by atomic mass is 35.5. The first-order valence-corrected chi connectivity index (χ1v) is 6.67. The molecule has 0 saturated carbocycles. The summed E-state index contributed by atoms with van der Waals surface area (Å²) in [6.07, 6.45) is 2.26. The smallest absolute Gasteiger partial charge is 0.351 e. The molecule has 1 fully saturated rings. The Kier molecular flexibility index (Phi) is 3.32. The topological polar surface area (TPSA) is 42.4 Å². The van der Waals surface area contributed by atoms with Crippen molar-refractivity contribution in [1.82, 2.24) is 4.98 Å². The van der Waals surface area contributed by atoms with Gasteiger partial charge in [0.05, 0.1) is 7.11 Å². The van der Waals surface area contributed by atoms with Crippen LogP contribution >= 0.6 is 22.9 Å². The van der Waals surface area contributed by atoms with Crippen LogP contribution in [0.3, 0.4) is 0 Å². The molecule has 0 amide bonds. The van der Waals surface area contributed by atoms with Crippen molar-refractivity contribution >= 4 is 34.0 Å². The number of anilines is 1. The van der Waals surface area contributed by atoms with E-state index in [1.165, 1.54) is 18.4 Å². The number of methoxy groups -OCH3 is 1. The standard InChI is InChI=1S/C11H15ClN2O2S/c1-11(2)5-4-6-14(11)10-13-8(12)7(17-10)9(15)16-3/h4-6H2,1-3H3. The van der Waals surface area contributed by atoms with E-state index >= 15 is 0 Å². The maximum absolute atomic E-state index is 11.5. The molecule has 0 N–H and O–H groups in total. The molecule has 1 aliphatic rings. The molecule has 0 atom stereocenters. The van der Waals surface area contributed by atoms with E-state index < -0.39 is 5.97 Å². The third-order valence-electron chi connectivity index (χ3n) is 3.08. The second kappa shape index (κ2) is 4.46. The molecule has 1 aromatic rings. The third-order valence-corrected chi connectivity index (χ3v) is 4.52. The number of thiazole rings is 1. The zero-order chi connectivity index (χ0) is 12.6. The summed E-state index contributed by atoms with van der Waals surface area (Å²) >= 11 is 7.26. The molecule has 17 heavy (non-hydrogen) atoms. The van der Waals surface area contributed by atoms with Crippen molar-refractivity contribution in [2.75, 3.05) is 18.6 Å². The highest BCUT2D eigenvalue weighted by Gasteiger charge is 2.34. The Balaban J connectivity index is 2.32. The van der Waals surface area contributed by atoms with E-state index in [4.69, 9.17) is 11.6 Å². The first-order chi connectivity index (χ1) is 7.95.